The highest BCUT2D eigenvalue weighted by atomic mass is 16.5. The van der Waals surface area contributed by atoms with E-state index in [2.05, 4.69) is 5.32 Å². The van der Waals surface area contributed by atoms with E-state index in [1.54, 1.807) is 35.2 Å². The van der Waals surface area contributed by atoms with Crippen LogP contribution < -0.4 is 5.32 Å². The first-order chi connectivity index (χ1) is 13.5. The average molecular weight is 378 g/mol. The summed E-state index contributed by atoms with van der Waals surface area (Å²) in [6, 6.07) is 16.2. The summed E-state index contributed by atoms with van der Waals surface area (Å²) in [6.07, 6.45) is -0.0463. The van der Waals surface area contributed by atoms with Gasteiger partial charge in [-0.2, -0.15) is 0 Å². The van der Waals surface area contributed by atoms with Crippen molar-refractivity contribution >= 4 is 28.5 Å². The van der Waals surface area contributed by atoms with Gasteiger partial charge in [-0.15, -0.1) is 0 Å². The van der Waals surface area contributed by atoms with E-state index in [-0.39, 0.29) is 29.8 Å². The molecule has 2 atom stereocenters. The number of carbonyl (C=O) groups excluding carboxylic acids is 2. The van der Waals surface area contributed by atoms with Crippen LogP contribution in [0.4, 0.5) is 5.69 Å². The van der Waals surface area contributed by atoms with Crippen LogP contribution >= 0.6 is 0 Å². The summed E-state index contributed by atoms with van der Waals surface area (Å²) in [4.78, 5) is 27.5. The molecule has 0 aliphatic carbocycles. The van der Waals surface area contributed by atoms with Crippen LogP contribution in [0.15, 0.2) is 59.0 Å². The molecule has 1 N–H and O–H groups in total. The highest BCUT2D eigenvalue weighted by Crippen LogP contribution is 2.23. The van der Waals surface area contributed by atoms with Gasteiger partial charge in [-0.3, -0.25) is 9.59 Å². The van der Waals surface area contributed by atoms with Crippen LogP contribution in [-0.2, 0) is 4.74 Å². The third-order valence-corrected chi connectivity index (χ3v) is 4.76. The molecule has 0 unspecified atom stereocenters. The summed E-state index contributed by atoms with van der Waals surface area (Å²) in [5.41, 5.74) is 1.56. The maximum atomic E-state index is 13.1. The van der Waals surface area contributed by atoms with Crippen molar-refractivity contribution in [1.82, 2.24) is 4.90 Å². The highest BCUT2D eigenvalue weighted by Gasteiger charge is 2.28. The molecule has 144 valence electrons. The first-order valence-corrected chi connectivity index (χ1v) is 9.35. The number of rotatable bonds is 3. The first kappa shape index (κ1) is 18.3. The second-order valence-electron chi connectivity index (χ2n) is 7.12. The lowest BCUT2D eigenvalue weighted by atomic mass is 10.1. The van der Waals surface area contributed by atoms with Crippen LogP contribution in [0.1, 0.15) is 34.8 Å². The zero-order valence-corrected chi connectivity index (χ0v) is 15.8. The molecule has 0 spiro atoms. The maximum Gasteiger partial charge on any atom is 0.291 e. The molecule has 1 aromatic heterocycles. The number of nitrogens with one attached hydrogen (secondary N) is 1. The van der Waals surface area contributed by atoms with Crippen LogP contribution in [0.2, 0.25) is 0 Å². The summed E-state index contributed by atoms with van der Waals surface area (Å²) in [6.45, 7) is 4.94. The summed E-state index contributed by atoms with van der Waals surface area (Å²) in [7, 11) is 0. The zero-order chi connectivity index (χ0) is 19.7. The monoisotopic (exact) mass is 378 g/mol. The van der Waals surface area contributed by atoms with Crippen molar-refractivity contribution in [2.75, 3.05) is 18.4 Å². The number of anilines is 1. The lowest BCUT2D eigenvalue weighted by molar-refractivity contribution is -0.0585. The van der Waals surface area contributed by atoms with Crippen LogP contribution in [0.25, 0.3) is 11.0 Å². The van der Waals surface area contributed by atoms with Gasteiger partial charge in [-0.05, 0) is 38.1 Å². The summed E-state index contributed by atoms with van der Waals surface area (Å²) in [5.74, 6) is -0.306. The molecule has 6 nitrogen and oxygen atoms in total. The molecule has 0 radical (unpaired) electrons. The van der Waals surface area contributed by atoms with Gasteiger partial charge in [0, 0.05) is 18.5 Å². The van der Waals surface area contributed by atoms with Crippen molar-refractivity contribution in [2.24, 2.45) is 0 Å². The van der Waals surface area contributed by atoms with Gasteiger partial charge in [0.05, 0.1) is 23.5 Å². The molecule has 3 aromatic rings. The Morgan fingerprint density at radius 1 is 1.00 bits per heavy atom. The van der Waals surface area contributed by atoms with E-state index in [1.807, 2.05) is 38.1 Å². The third kappa shape index (κ3) is 3.64. The number of morpholine rings is 1. The Bertz CT molecular complexity index is 983. The van der Waals surface area contributed by atoms with Crippen molar-refractivity contribution in [2.45, 2.75) is 26.1 Å². The number of hydrogen-bond acceptors (Lipinski definition) is 4. The molecular formula is C22H22N2O4. The highest BCUT2D eigenvalue weighted by molar-refractivity contribution is 6.09. The number of fused-ring (bicyclic) bond motifs is 1. The van der Waals surface area contributed by atoms with Crippen LogP contribution in [0.5, 0.6) is 0 Å². The number of ether oxygens (including phenoxy) is 1. The van der Waals surface area contributed by atoms with Gasteiger partial charge in [0.15, 0.2) is 5.76 Å². The Morgan fingerprint density at radius 3 is 2.43 bits per heavy atom. The van der Waals surface area contributed by atoms with E-state index >= 15 is 0 Å². The molecule has 2 aromatic carbocycles. The van der Waals surface area contributed by atoms with Crippen molar-refractivity contribution < 1.29 is 18.7 Å². The number of hydrogen-bond donors (Lipinski definition) is 1. The van der Waals surface area contributed by atoms with Gasteiger partial charge >= 0.3 is 0 Å². The molecular weight excluding hydrogens is 356 g/mol. The smallest absolute Gasteiger partial charge is 0.291 e. The van der Waals surface area contributed by atoms with Crippen molar-refractivity contribution in [3.05, 3.63) is 65.9 Å². The molecule has 0 bridgehead atoms. The zero-order valence-electron chi connectivity index (χ0n) is 15.8. The normalized spacial score (nSPS) is 19.6. The molecule has 2 amide bonds. The first-order valence-electron chi connectivity index (χ1n) is 9.35. The van der Waals surface area contributed by atoms with Crippen LogP contribution in [0, 0.1) is 0 Å². The predicted molar refractivity (Wildman–Crippen MR) is 107 cm³/mol. The number of para-hydroxylation sites is 2. The van der Waals surface area contributed by atoms with Gasteiger partial charge in [0.2, 0.25) is 0 Å². The quantitative estimate of drug-likeness (QED) is 0.749. The minimum atomic E-state index is -0.389. The molecule has 1 fully saturated rings. The van der Waals surface area contributed by atoms with E-state index in [4.69, 9.17) is 9.15 Å². The summed E-state index contributed by atoms with van der Waals surface area (Å²) in [5, 5.41) is 3.67. The van der Waals surface area contributed by atoms with Gasteiger partial charge in [-0.1, -0.05) is 30.3 Å². The van der Waals surface area contributed by atoms with Crippen LogP contribution in [0.3, 0.4) is 0 Å². The van der Waals surface area contributed by atoms with Crippen molar-refractivity contribution in [1.29, 1.82) is 0 Å². The molecule has 4 rings (SSSR count). The molecule has 1 aliphatic rings. The van der Waals surface area contributed by atoms with Crippen LogP contribution in [-0.4, -0.2) is 42.0 Å². The predicted octanol–water partition coefficient (Wildman–Crippen LogP) is 3.93. The Hall–Kier alpha value is -3.12. The fraction of sp³-hybridized carbons (Fsp3) is 0.273. The summed E-state index contributed by atoms with van der Waals surface area (Å²) < 4.78 is 11.3. The maximum absolute atomic E-state index is 13.1. The minimum absolute atomic E-state index is 0.0231. The molecule has 1 aliphatic heterocycles. The summed E-state index contributed by atoms with van der Waals surface area (Å²) >= 11 is 0. The number of carbonyl (C=O) groups is 2. The minimum Gasteiger partial charge on any atom is -0.451 e. The second kappa shape index (κ2) is 7.48. The fourth-order valence-corrected chi connectivity index (χ4v) is 3.57. The standard InChI is InChI=1S/C22H22N2O4/c1-14-12-24(13-15(2)27-14)22(26)17-8-4-5-9-18(17)23-21(25)20-11-16-7-3-6-10-19(16)28-20/h3-11,14-15H,12-13H2,1-2H3,(H,23,25)/t14-,15-/m0/s1. The number of nitrogens with zero attached hydrogens (tertiary/aromatic N) is 1. The molecule has 0 saturated carbocycles. The van der Waals surface area contributed by atoms with Gasteiger partial charge in [0.1, 0.15) is 5.58 Å². The second-order valence-corrected chi connectivity index (χ2v) is 7.12. The number of furan rings is 1. The molecule has 28 heavy (non-hydrogen) atoms. The molecule has 2 heterocycles. The van der Waals surface area contributed by atoms with Crippen molar-refractivity contribution in [3.8, 4) is 0 Å². The van der Waals surface area contributed by atoms with E-state index in [9.17, 15) is 9.59 Å². The SMILES string of the molecule is C[C@H]1CN(C(=O)c2ccccc2NC(=O)c2cc3ccccc3o2)C[C@H](C)O1. The van der Waals surface area contributed by atoms with E-state index < -0.39 is 0 Å². The largest absolute Gasteiger partial charge is 0.451 e. The number of amides is 2. The van der Waals surface area contributed by atoms with Gasteiger partial charge < -0.3 is 19.4 Å². The lowest BCUT2D eigenvalue weighted by Crippen LogP contribution is -2.48. The topological polar surface area (TPSA) is 71.8 Å². The molecule has 1 saturated heterocycles. The lowest BCUT2D eigenvalue weighted by Gasteiger charge is -2.35. The average Bonchev–Trinajstić information content (AvgIpc) is 3.11. The van der Waals surface area contributed by atoms with Gasteiger partial charge in [0.25, 0.3) is 11.8 Å². The molecule has 6 heteroatoms. The van der Waals surface area contributed by atoms with E-state index in [0.717, 1.165) is 5.39 Å². The van der Waals surface area contributed by atoms with E-state index in [1.165, 1.54) is 0 Å². The fourth-order valence-electron chi connectivity index (χ4n) is 3.57. The Labute approximate surface area is 163 Å². The Morgan fingerprint density at radius 2 is 1.68 bits per heavy atom. The van der Waals surface area contributed by atoms with Gasteiger partial charge in [-0.25, -0.2) is 0 Å². The Balaban J connectivity index is 1.57. The Kier molecular flexibility index (Phi) is 4.88. The third-order valence-electron chi connectivity index (χ3n) is 4.76. The van der Waals surface area contributed by atoms with Crippen molar-refractivity contribution in [3.63, 3.8) is 0 Å². The number of benzene rings is 2. The van der Waals surface area contributed by atoms with E-state index in [0.29, 0.717) is 29.9 Å².